The molecule has 2 nitrogen and oxygen atoms in total. The van der Waals surface area contributed by atoms with E-state index in [2.05, 4.69) is 39.8 Å². The van der Waals surface area contributed by atoms with Gasteiger partial charge < -0.3 is 9.16 Å². The summed E-state index contributed by atoms with van der Waals surface area (Å²) in [5, 5.41) is 0.143. The fraction of sp³-hybridized carbons (Fsp3) is 0.467. The molecule has 0 fully saturated rings. The molecule has 0 radical (unpaired) electrons. The van der Waals surface area contributed by atoms with Crippen LogP contribution in [0.1, 0.15) is 26.3 Å². The number of terminal acetylenes is 1. The fourth-order valence-electron chi connectivity index (χ4n) is 1.27. The number of hydrogen-bond donors (Lipinski definition) is 0. The molecule has 1 aromatic rings. The minimum absolute atomic E-state index is 0.143. The molecule has 0 atom stereocenters. The Kier molecular flexibility index (Phi) is 4.13. The lowest BCUT2D eigenvalue weighted by molar-refractivity contribution is 0.386. The van der Waals surface area contributed by atoms with E-state index in [9.17, 15) is 0 Å². The lowest BCUT2D eigenvalue weighted by atomic mass is 10.2. The minimum atomic E-state index is -1.88. The van der Waals surface area contributed by atoms with Crippen LogP contribution >= 0.6 is 0 Å². The first kappa shape index (κ1) is 14.7. The summed E-state index contributed by atoms with van der Waals surface area (Å²) < 4.78 is 11.6. The number of benzene rings is 1. The Bertz CT molecular complexity index is 464. The van der Waals surface area contributed by atoms with Gasteiger partial charge in [-0.1, -0.05) is 26.7 Å². The van der Waals surface area contributed by atoms with Crippen molar-refractivity contribution in [3.05, 3.63) is 23.8 Å². The summed E-state index contributed by atoms with van der Waals surface area (Å²) in [6, 6.07) is 5.59. The van der Waals surface area contributed by atoms with Gasteiger partial charge in [-0.2, -0.15) is 0 Å². The van der Waals surface area contributed by atoms with Gasteiger partial charge in [0.2, 0.25) is 0 Å². The molecule has 18 heavy (non-hydrogen) atoms. The second-order valence-electron chi connectivity index (χ2n) is 5.87. The van der Waals surface area contributed by atoms with Crippen LogP contribution in [0.2, 0.25) is 18.1 Å². The molecule has 0 aliphatic heterocycles. The summed E-state index contributed by atoms with van der Waals surface area (Å²) in [4.78, 5) is 0. The molecule has 0 spiro atoms. The zero-order valence-corrected chi connectivity index (χ0v) is 13.1. The molecule has 0 aliphatic carbocycles. The van der Waals surface area contributed by atoms with Crippen molar-refractivity contribution in [1.82, 2.24) is 0 Å². The Morgan fingerprint density at radius 1 is 1.17 bits per heavy atom. The fourth-order valence-corrected chi connectivity index (χ4v) is 2.29. The summed E-state index contributed by atoms with van der Waals surface area (Å²) >= 11 is 0. The third kappa shape index (κ3) is 3.08. The number of rotatable bonds is 3. The van der Waals surface area contributed by atoms with Crippen molar-refractivity contribution in [2.45, 2.75) is 38.9 Å². The summed E-state index contributed by atoms with van der Waals surface area (Å²) in [7, 11) is -0.235. The van der Waals surface area contributed by atoms with Gasteiger partial charge in [0.25, 0.3) is 8.32 Å². The van der Waals surface area contributed by atoms with E-state index >= 15 is 0 Å². The Morgan fingerprint density at radius 2 is 1.78 bits per heavy atom. The van der Waals surface area contributed by atoms with Crippen molar-refractivity contribution in [1.29, 1.82) is 0 Å². The topological polar surface area (TPSA) is 18.5 Å². The largest absolute Gasteiger partial charge is 0.541 e. The van der Waals surface area contributed by atoms with Crippen LogP contribution in [-0.4, -0.2) is 15.4 Å². The first-order valence-electron chi connectivity index (χ1n) is 6.05. The highest BCUT2D eigenvalue weighted by Crippen LogP contribution is 2.40. The molecule has 0 heterocycles. The lowest BCUT2D eigenvalue weighted by Gasteiger charge is -2.36. The average molecular weight is 262 g/mol. The van der Waals surface area contributed by atoms with Gasteiger partial charge in [-0.15, -0.1) is 6.42 Å². The molecule has 1 aromatic carbocycles. The number of methoxy groups -OCH3 is 1. The van der Waals surface area contributed by atoms with Crippen LogP contribution in [-0.2, 0) is 0 Å². The van der Waals surface area contributed by atoms with Gasteiger partial charge in [-0.3, -0.25) is 0 Å². The zero-order chi connectivity index (χ0) is 14.0. The SMILES string of the molecule is C#Cc1ccc(OC)c(O[Si](C)(C)C(C)(C)C)c1. The third-order valence-corrected chi connectivity index (χ3v) is 7.84. The van der Waals surface area contributed by atoms with E-state index in [4.69, 9.17) is 15.6 Å². The van der Waals surface area contributed by atoms with Gasteiger partial charge in [0.15, 0.2) is 5.75 Å². The van der Waals surface area contributed by atoms with Crippen molar-refractivity contribution in [3.63, 3.8) is 0 Å². The quantitative estimate of drug-likeness (QED) is 0.604. The Morgan fingerprint density at radius 3 is 2.22 bits per heavy atom. The van der Waals surface area contributed by atoms with Crippen molar-refractivity contribution in [3.8, 4) is 23.8 Å². The molecule has 0 N–H and O–H groups in total. The van der Waals surface area contributed by atoms with Crippen LogP contribution in [0, 0.1) is 12.3 Å². The highest BCUT2D eigenvalue weighted by Gasteiger charge is 2.39. The molecule has 3 heteroatoms. The Hall–Kier alpha value is -1.40. The highest BCUT2D eigenvalue weighted by atomic mass is 28.4. The minimum Gasteiger partial charge on any atom is -0.541 e. The molecule has 0 bridgehead atoms. The van der Waals surface area contributed by atoms with Crippen LogP contribution in [0.15, 0.2) is 18.2 Å². The van der Waals surface area contributed by atoms with Crippen LogP contribution < -0.4 is 9.16 Å². The maximum atomic E-state index is 6.25. The summed E-state index contributed by atoms with van der Waals surface area (Å²) in [6.45, 7) is 11.0. The van der Waals surface area contributed by atoms with E-state index in [1.165, 1.54) is 0 Å². The average Bonchev–Trinajstić information content (AvgIpc) is 2.26. The molecule has 0 saturated carbocycles. The maximum absolute atomic E-state index is 6.25. The summed E-state index contributed by atoms with van der Waals surface area (Å²) in [5.41, 5.74) is 0.810. The smallest absolute Gasteiger partial charge is 0.250 e. The van der Waals surface area contributed by atoms with E-state index in [1.807, 2.05) is 18.2 Å². The van der Waals surface area contributed by atoms with Crippen LogP contribution in [0.3, 0.4) is 0 Å². The molecule has 0 unspecified atom stereocenters. The van der Waals surface area contributed by atoms with Crippen molar-refractivity contribution in [2.75, 3.05) is 7.11 Å². The van der Waals surface area contributed by atoms with Crippen LogP contribution in [0.4, 0.5) is 0 Å². The van der Waals surface area contributed by atoms with Gasteiger partial charge in [0.1, 0.15) is 5.75 Å². The summed E-state index contributed by atoms with van der Waals surface area (Å²) in [5.74, 6) is 4.11. The van der Waals surface area contributed by atoms with Crippen LogP contribution in [0.5, 0.6) is 11.5 Å². The first-order valence-corrected chi connectivity index (χ1v) is 8.96. The van der Waals surface area contributed by atoms with Gasteiger partial charge >= 0.3 is 0 Å². The molecule has 1 rings (SSSR count). The van der Waals surface area contributed by atoms with Crippen LogP contribution in [0.25, 0.3) is 0 Å². The van der Waals surface area contributed by atoms with Crippen molar-refractivity contribution >= 4 is 8.32 Å². The van der Waals surface area contributed by atoms with Gasteiger partial charge in [0, 0.05) is 5.56 Å². The monoisotopic (exact) mass is 262 g/mol. The molecule has 0 saturated heterocycles. The predicted molar refractivity (Wildman–Crippen MR) is 78.8 cm³/mol. The van der Waals surface area contributed by atoms with E-state index in [-0.39, 0.29) is 5.04 Å². The Balaban J connectivity index is 3.14. The van der Waals surface area contributed by atoms with E-state index in [1.54, 1.807) is 7.11 Å². The normalized spacial score (nSPS) is 11.8. The molecule has 0 amide bonds. The zero-order valence-electron chi connectivity index (χ0n) is 12.1. The van der Waals surface area contributed by atoms with Crippen molar-refractivity contribution < 1.29 is 9.16 Å². The maximum Gasteiger partial charge on any atom is 0.250 e. The van der Waals surface area contributed by atoms with E-state index in [0.29, 0.717) is 0 Å². The van der Waals surface area contributed by atoms with Crippen molar-refractivity contribution in [2.24, 2.45) is 0 Å². The second kappa shape index (κ2) is 5.07. The Labute approximate surface area is 111 Å². The lowest BCUT2D eigenvalue weighted by Crippen LogP contribution is -2.43. The number of hydrogen-bond acceptors (Lipinski definition) is 2. The molecule has 0 aromatic heterocycles. The predicted octanol–water partition coefficient (Wildman–Crippen LogP) is 4.06. The van der Waals surface area contributed by atoms with E-state index in [0.717, 1.165) is 17.1 Å². The van der Waals surface area contributed by atoms with Gasteiger partial charge in [0.05, 0.1) is 7.11 Å². The van der Waals surface area contributed by atoms with E-state index < -0.39 is 8.32 Å². The second-order valence-corrected chi connectivity index (χ2v) is 10.6. The summed E-state index contributed by atoms with van der Waals surface area (Å²) in [6.07, 6.45) is 5.42. The molecular formula is C15H22O2Si. The van der Waals surface area contributed by atoms with Gasteiger partial charge in [-0.25, -0.2) is 0 Å². The molecule has 98 valence electrons. The molecular weight excluding hydrogens is 240 g/mol. The standard InChI is InChI=1S/C15H22O2Si/c1-8-12-9-10-13(16-5)14(11-12)17-18(6,7)15(2,3)4/h1,9-11H,2-7H3. The molecule has 0 aliphatic rings. The van der Waals surface area contributed by atoms with Gasteiger partial charge in [-0.05, 0) is 36.3 Å². The number of ether oxygens (including phenoxy) is 1. The third-order valence-electron chi connectivity index (χ3n) is 3.50. The highest BCUT2D eigenvalue weighted by molar-refractivity contribution is 6.74. The first-order chi connectivity index (χ1) is 8.21.